The topological polar surface area (TPSA) is 47.0 Å². The van der Waals surface area contributed by atoms with Crippen molar-refractivity contribution in [3.8, 4) is 0 Å². The zero-order chi connectivity index (χ0) is 16.3. The molecule has 0 amide bonds. The van der Waals surface area contributed by atoms with Gasteiger partial charge in [0.2, 0.25) is 5.78 Å². The molecule has 1 aromatic carbocycles. The molecule has 0 unspecified atom stereocenters. The zero-order valence-electron chi connectivity index (χ0n) is 13.3. The number of carbonyl (C=O) groups excluding carboxylic acids is 2. The van der Waals surface area contributed by atoms with Crippen LogP contribution in [0.3, 0.4) is 0 Å². The standard InChI is InChI=1S/C19H19NO2/c1-5-15(18(21)16-9-7-6-8-13(16)3)19(22)17-11-10-12(2)14(4)20-17/h5-11H,1-4H3/b15-5+. The smallest absolute Gasteiger partial charge is 0.214 e. The van der Waals surface area contributed by atoms with E-state index in [1.165, 1.54) is 0 Å². The summed E-state index contributed by atoms with van der Waals surface area (Å²) >= 11 is 0. The van der Waals surface area contributed by atoms with Gasteiger partial charge < -0.3 is 0 Å². The van der Waals surface area contributed by atoms with Crippen LogP contribution in [0, 0.1) is 20.8 Å². The number of aromatic nitrogens is 1. The normalized spacial score (nSPS) is 11.4. The van der Waals surface area contributed by atoms with Gasteiger partial charge in [0, 0.05) is 11.3 Å². The largest absolute Gasteiger partial charge is 0.288 e. The van der Waals surface area contributed by atoms with Gasteiger partial charge in [-0.15, -0.1) is 0 Å². The Labute approximate surface area is 130 Å². The van der Waals surface area contributed by atoms with E-state index >= 15 is 0 Å². The highest BCUT2D eigenvalue weighted by molar-refractivity contribution is 6.30. The highest BCUT2D eigenvalue weighted by Crippen LogP contribution is 2.17. The minimum Gasteiger partial charge on any atom is -0.288 e. The summed E-state index contributed by atoms with van der Waals surface area (Å²) in [5, 5.41) is 0. The first-order valence-corrected chi connectivity index (χ1v) is 7.21. The van der Waals surface area contributed by atoms with Crippen LogP contribution in [-0.4, -0.2) is 16.6 Å². The number of rotatable bonds is 4. The van der Waals surface area contributed by atoms with E-state index in [2.05, 4.69) is 4.98 Å². The van der Waals surface area contributed by atoms with E-state index in [0.29, 0.717) is 11.3 Å². The molecule has 1 aromatic heterocycles. The van der Waals surface area contributed by atoms with Crippen molar-refractivity contribution < 1.29 is 9.59 Å². The monoisotopic (exact) mass is 293 g/mol. The molecule has 2 rings (SSSR count). The van der Waals surface area contributed by atoms with Crippen molar-refractivity contribution in [2.24, 2.45) is 0 Å². The Bertz CT molecular complexity index is 773. The van der Waals surface area contributed by atoms with Crippen molar-refractivity contribution in [1.82, 2.24) is 4.98 Å². The van der Waals surface area contributed by atoms with Crippen molar-refractivity contribution in [1.29, 1.82) is 0 Å². The predicted molar refractivity (Wildman–Crippen MR) is 87.3 cm³/mol. The summed E-state index contributed by atoms with van der Waals surface area (Å²) in [6, 6.07) is 10.8. The average Bonchev–Trinajstić information content (AvgIpc) is 2.51. The molecule has 0 fully saturated rings. The molecule has 22 heavy (non-hydrogen) atoms. The van der Waals surface area contributed by atoms with Crippen molar-refractivity contribution in [3.05, 3.63) is 76.1 Å². The Kier molecular flexibility index (Phi) is 4.66. The van der Waals surface area contributed by atoms with E-state index in [9.17, 15) is 9.59 Å². The van der Waals surface area contributed by atoms with Crippen LogP contribution in [0.2, 0.25) is 0 Å². The van der Waals surface area contributed by atoms with Crippen LogP contribution in [0.5, 0.6) is 0 Å². The molecule has 0 spiro atoms. The van der Waals surface area contributed by atoms with Crippen LogP contribution in [0.1, 0.15) is 44.6 Å². The quantitative estimate of drug-likeness (QED) is 0.370. The highest BCUT2D eigenvalue weighted by Gasteiger charge is 2.22. The van der Waals surface area contributed by atoms with Gasteiger partial charge in [0.05, 0.1) is 5.57 Å². The van der Waals surface area contributed by atoms with E-state index in [-0.39, 0.29) is 17.1 Å². The molecule has 1 heterocycles. The molecule has 0 N–H and O–H groups in total. The van der Waals surface area contributed by atoms with Crippen molar-refractivity contribution in [2.75, 3.05) is 0 Å². The van der Waals surface area contributed by atoms with Gasteiger partial charge >= 0.3 is 0 Å². The van der Waals surface area contributed by atoms with Crippen LogP contribution < -0.4 is 0 Å². The minimum atomic E-state index is -0.334. The number of Topliss-reactive ketones (excluding diaryl/α,β-unsaturated/α-hetero) is 2. The lowest BCUT2D eigenvalue weighted by atomic mass is 9.95. The maximum Gasteiger partial charge on any atom is 0.214 e. The Morgan fingerprint density at radius 2 is 1.59 bits per heavy atom. The number of hydrogen-bond acceptors (Lipinski definition) is 3. The fourth-order valence-electron chi connectivity index (χ4n) is 2.23. The fraction of sp³-hybridized carbons (Fsp3) is 0.211. The molecular weight excluding hydrogens is 274 g/mol. The summed E-state index contributed by atoms with van der Waals surface area (Å²) in [5.74, 6) is -0.593. The molecule has 0 aliphatic heterocycles. The lowest BCUT2D eigenvalue weighted by Gasteiger charge is -2.08. The predicted octanol–water partition coefficient (Wildman–Crippen LogP) is 4.02. The fourth-order valence-corrected chi connectivity index (χ4v) is 2.23. The van der Waals surface area contributed by atoms with Gasteiger partial charge in [0.25, 0.3) is 0 Å². The van der Waals surface area contributed by atoms with Gasteiger partial charge in [-0.2, -0.15) is 0 Å². The number of allylic oxidation sites excluding steroid dienone is 2. The van der Waals surface area contributed by atoms with E-state index in [4.69, 9.17) is 0 Å². The SMILES string of the molecule is C/C=C(/C(=O)c1ccc(C)c(C)n1)C(=O)c1ccccc1C. The van der Waals surface area contributed by atoms with Gasteiger partial charge in [0.15, 0.2) is 5.78 Å². The first-order chi connectivity index (χ1) is 10.5. The maximum absolute atomic E-state index is 12.6. The van der Waals surface area contributed by atoms with Crippen molar-refractivity contribution >= 4 is 11.6 Å². The molecule has 0 saturated carbocycles. The van der Waals surface area contributed by atoms with E-state index < -0.39 is 0 Å². The molecule has 0 atom stereocenters. The molecule has 112 valence electrons. The number of hydrogen-bond donors (Lipinski definition) is 0. The Balaban J connectivity index is 2.40. The number of pyridine rings is 1. The summed E-state index contributed by atoms with van der Waals surface area (Å²) in [5.41, 5.74) is 3.68. The summed E-state index contributed by atoms with van der Waals surface area (Å²) < 4.78 is 0. The van der Waals surface area contributed by atoms with E-state index in [0.717, 1.165) is 16.8 Å². The van der Waals surface area contributed by atoms with E-state index in [1.54, 1.807) is 31.2 Å². The summed E-state index contributed by atoms with van der Waals surface area (Å²) in [6.45, 7) is 7.35. The van der Waals surface area contributed by atoms with Crippen LogP contribution in [-0.2, 0) is 0 Å². The van der Waals surface area contributed by atoms with Crippen LogP contribution in [0.4, 0.5) is 0 Å². The third-order valence-electron chi connectivity index (χ3n) is 3.75. The van der Waals surface area contributed by atoms with Gasteiger partial charge in [0.1, 0.15) is 5.69 Å². The average molecular weight is 293 g/mol. The molecule has 2 aromatic rings. The molecule has 3 heteroatoms. The Morgan fingerprint density at radius 3 is 2.18 bits per heavy atom. The van der Waals surface area contributed by atoms with E-state index in [1.807, 2.05) is 39.0 Å². The Hall–Kier alpha value is -2.55. The summed E-state index contributed by atoms with van der Waals surface area (Å²) in [7, 11) is 0. The number of aryl methyl sites for hydroxylation is 3. The van der Waals surface area contributed by atoms with Crippen LogP contribution in [0.25, 0.3) is 0 Å². The second-order valence-corrected chi connectivity index (χ2v) is 5.27. The summed E-state index contributed by atoms with van der Waals surface area (Å²) in [6.07, 6.45) is 1.56. The van der Waals surface area contributed by atoms with Crippen LogP contribution in [0.15, 0.2) is 48.0 Å². The zero-order valence-corrected chi connectivity index (χ0v) is 13.3. The molecule has 3 nitrogen and oxygen atoms in total. The molecule has 0 aliphatic carbocycles. The lowest BCUT2D eigenvalue weighted by molar-refractivity contribution is 0.0959. The number of benzene rings is 1. The van der Waals surface area contributed by atoms with Crippen LogP contribution >= 0.6 is 0 Å². The Morgan fingerprint density at radius 1 is 0.909 bits per heavy atom. The molecule has 0 bridgehead atoms. The molecule has 0 radical (unpaired) electrons. The number of ketones is 2. The number of nitrogens with zero attached hydrogens (tertiary/aromatic N) is 1. The molecule has 0 aliphatic rings. The lowest BCUT2D eigenvalue weighted by Crippen LogP contribution is -2.16. The summed E-state index contributed by atoms with van der Waals surface area (Å²) in [4.78, 5) is 29.6. The first kappa shape index (κ1) is 15.8. The van der Waals surface area contributed by atoms with Crippen molar-refractivity contribution in [2.45, 2.75) is 27.7 Å². The molecule has 0 saturated heterocycles. The number of carbonyl (C=O) groups is 2. The highest BCUT2D eigenvalue weighted by atomic mass is 16.1. The van der Waals surface area contributed by atoms with Crippen molar-refractivity contribution in [3.63, 3.8) is 0 Å². The second-order valence-electron chi connectivity index (χ2n) is 5.27. The first-order valence-electron chi connectivity index (χ1n) is 7.21. The van der Waals surface area contributed by atoms with Gasteiger partial charge in [-0.3, -0.25) is 9.59 Å². The molecular formula is C19H19NO2. The third-order valence-corrected chi connectivity index (χ3v) is 3.75. The second kappa shape index (κ2) is 6.48. The third kappa shape index (κ3) is 3.03. The van der Waals surface area contributed by atoms with Gasteiger partial charge in [-0.25, -0.2) is 4.98 Å². The van der Waals surface area contributed by atoms with Gasteiger partial charge in [-0.05, 0) is 44.9 Å². The maximum atomic E-state index is 12.6. The van der Waals surface area contributed by atoms with Gasteiger partial charge in [-0.1, -0.05) is 36.4 Å². The minimum absolute atomic E-state index is 0.157.